The predicted octanol–water partition coefficient (Wildman–Crippen LogP) is 2.87. The lowest BCUT2D eigenvalue weighted by Crippen LogP contribution is -2.37. The first kappa shape index (κ1) is 19.6. The number of benzene rings is 2. The van der Waals surface area contributed by atoms with E-state index in [0.29, 0.717) is 11.3 Å². The highest BCUT2D eigenvalue weighted by Gasteiger charge is 2.29. The summed E-state index contributed by atoms with van der Waals surface area (Å²) in [6.45, 7) is 5.16. The Balaban J connectivity index is 1.74. The van der Waals surface area contributed by atoms with Crippen LogP contribution < -0.4 is 15.6 Å². The first-order chi connectivity index (χ1) is 13.3. The Morgan fingerprint density at radius 1 is 1.11 bits per heavy atom. The van der Waals surface area contributed by atoms with E-state index in [9.17, 15) is 14.4 Å². The molecular weight excluding hydrogens is 378 g/mol. The second kappa shape index (κ2) is 8.26. The Bertz CT molecular complexity index is 1050. The number of aromatic amines is 1. The van der Waals surface area contributed by atoms with E-state index in [-0.39, 0.29) is 16.7 Å². The smallest absolute Gasteiger partial charge is 0.325 e. The van der Waals surface area contributed by atoms with Gasteiger partial charge in [-0.3, -0.25) is 14.1 Å². The van der Waals surface area contributed by atoms with Crippen molar-refractivity contribution in [1.29, 1.82) is 0 Å². The van der Waals surface area contributed by atoms with E-state index in [4.69, 9.17) is 4.52 Å². The lowest BCUT2D eigenvalue weighted by Gasteiger charge is -2.09. The maximum Gasteiger partial charge on any atom is 0.442 e. The van der Waals surface area contributed by atoms with Crippen LogP contribution in [0.25, 0.3) is 5.69 Å². The molecule has 3 aromatic rings. The maximum absolute atomic E-state index is 12.5. The number of nitrogens with zero attached hydrogens (tertiary/aromatic N) is 1. The number of aryl methyl sites for hydroxylation is 1. The summed E-state index contributed by atoms with van der Waals surface area (Å²) in [7, 11) is 0. The normalized spacial score (nSPS) is 11.8. The molecule has 0 bridgehead atoms. The zero-order valence-electron chi connectivity index (χ0n) is 15.7. The quantitative estimate of drug-likeness (QED) is 0.378. The molecule has 1 unspecified atom stereocenters. The maximum atomic E-state index is 12.5. The van der Waals surface area contributed by atoms with Crippen LogP contribution in [0.4, 0.5) is 5.69 Å². The third-order valence-electron chi connectivity index (χ3n) is 4.12. The van der Waals surface area contributed by atoms with Crippen LogP contribution in [-0.2, 0) is 4.79 Å². The van der Waals surface area contributed by atoms with Gasteiger partial charge in [-0.25, -0.2) is 4.79 Å². The van der Waals surface area contributed by atoms with Crippen LogP contribution in [0.1, 0.15) is 29.8 Å². The fourth-order valence-electron chi connectivity index (χ4n) is 2.48. The summed E-state index contributed by atoms with van der Waals surface area (Å²) in [5, 5.41) is 5.07. The summed E-state index contributed by atoms with van der Waals surface area (Å²) in [5.74, 6) is -0.307. The van der Waals surface area contributed by atoms with Crippen LogP contribution in [0.15, 0.2) is 62.9 Å². The summed E-state index contributed by atoms with van der Waals surface area (Å²) in [5.41, 5.74) is 2.43. The van der Waals surface area contributed by atoms with Crippen LogP contribution in [0.5, 0.6) is 0 Å². The summed E-state index contributed by atoms with van der Waals surface area (Å²) < 4.78 is 6.42. The molecule has 0 aliphatic heterocycles. The van der Waals surface area contributed by atoms with Crippen LogP contribution in [0.3, 0.4) is 0 Å². The van der Waals surface area contributed by atoms with Gasteiger partial charge in [0, 0.05) is 23.4 Å². The lowest BCUT2D eigenvalue weighted by atomic mass is 10.1. The second-order valence-corrected chi connectivity index (χ2v) is 7.67. The Kier molecular flexibility index (Phi) is 5.79. The van der Waals surface area contributed by atoms with Crippen LogP contribution in [-0.4, -0.2) is 22.2 Å². The lowest BCUT2D eigenvalue weighted by molar-refractivity contribution is -0.704. The molecule has 0 aliphatic carbocycles. The fraction of sp³-hybridized carbons (Fsp3) is 0.200. The van der Waals surface area contributed by atoms with E-state index < -0.39 is 10.9 Å². The highest BCUT2D eigenvalue weighted by atomic mass is 32.2. The number of thioether (sulfide) groups is 1. The summed E-state index contributed by atoms with van der Waals surface area (Å²) in [6.07, 6.45) is 0. The van der Waals surface area contributed by atoms with Gasteiger partial charge in [0.05, 0.1) is 5.25 Å². The number of carbonyl (C=O) groups excluding carboxylic acids is 2. The first-order valence-corrected chi connectivity index (χ1v) is 9.52. The highest BCUT2D eigenvalue weighted by Crippen LogP contribution is 2.20. The van der Waals surface area contributed by atoms with Crippen molar-refractivity contribution >= 4 is 29.1 Å². The number of amides is 1. The van der Waals surface area contributed by atoms with E-state index in [1.165, 1.54) is 11.6 Å². The molecule has 1 atom stereocenters. The molecule has 2 aromatic carbocycles. The van der Waals surface area contributed by atoms with E-state index >= 15 is 0 Å². The number of ketones is 1. The van der Waals surface area contributed by atoms with Crippen LogP contribution >= 0.6 is 11.8 Å². The predicted molar refractivity (Wildman–Crippen MR) is 106 cm³/mol. The number of H-pyrrole nitrogens is 1. The number of hydrogen-bond donors (Lipinski definition) is 2. The van der Waals surface area contributed by atoms with Crippen LogP contribution in [0.2, 0.25) is 0 Å². The van der Waals surface area contributed by atoms with E-state index in [2.05, 4.69) is 10.6 Å². The molecule has 7 nitrogen and oxygen atoms in total. The zero-order chi connectivity index (χ0) is 20.3. The summed E-state index contributed by atoms with van der Waals surface area (Å²) >= 11 is 1.10. The van der Waals surface area contributed by atoms with Gasteiger partial charge in [-0.2, -0.15) is 0 Å². The van der Waals surface area contributed by atoms with Crippen LogP contribution in [0, 0.1) is 6.92 Å². The van der Waals surface area contributed by atoms with Gasteiger partial charge in [0.25, 0.3) is 0 Å². The van der Waals surface area contributed by atoms with Crippen molar-refractivity contribution in [3.8, 4) is 5.69 Å². The number of Topliss-reactive ketones (excluding diaryl/α,β-unsaturated/α-hetero) is 1. The molecule has 0 fully saturated rings. The van der Waals surface area contributed by atoms with Gasteiger partial charge in [-0.05, 0) is 66.8 Å². The second-order valence-electron chi connectivity index (χ2n) is 6.34. The molecule has 1 amide bonds. The number of rotatable bonds is 6. The average molecular weight is 398 g/mol. The minimum absolute atomic E-state index is 0.0401. The van der Waals surface area contributed by atoms with Gasteiger partial charge in [0.2, 0.25) is 11.6 Å². The van der Waals surface area contributed by atoms with Crippen molar-refractivity contribution < 1.29 is 18.8 Å². The molecule has 0 spiro atoms. The molecule has 1 aromatic heterocycles. The number of carbonyl (C=O) groups is 2. The molecule has 1 heterocycles. The minimum Gasteiger partial charge on any atom is -0.325 e. The van der Waals surface area contributed by atoms with Gasteiger partial charge in [-0.15, -0.1) is 0 Å². The number of anilines is 1. The van der Waals surface area contributed by atoms with Crippen molar-refractivity contribution in [3.63, 3.8) is 0 Å². The Morgan fingerprint density at radius 2 is 1.75 bits per heavy atom. The SMILES string of the molecule is CC(=O)c1ccc(NC(=O)C(C)Sc2c(=O)o[nH][n+]2-c2ccc(C)cc2)cc1. The van der Waals surface area contributed by atoms with Gasteiger partial charge >= 0.3 is 10.7 Å². The van der Waals surface area contributed by atoms with Crippen molar-refractivity contribution in [3.05, 3.63) is 70.1 Å². The van der Waals surface area contributed by atoms with Crippen molar-refractivity contribution in [2.45, 2.75) is 31.0 Å². The van der Waals surface area contributed by atoms with Crippen molar-refractivity contribution in [1.82, 2.24) is 5.27 Å². The minimum atomic E-state index is -0.553. The average Bonchev–Trinajstić information content (AvgIpc) is 3.03. The Morgan fingerprint density at radius 3 is 2.36 bits per heavy atom. The van der Waals surface area contributed by atoms with Gasteiger partial charge < -0.3 is 5.32 Å². The molecule has 0 saturated carbocycles. The third kappa shape index (κ3) is 4.40. The molecular formula is C20H20N3O4S+. The molecule has 8 heteroatoms. The number of aromatic nitrogens is 2. The third-order valence-corrected chi connectivity index (χ3v) is 5.26. The molecule has 3 rings (SSSR count). The summed E-state index contributed by atoms with van der Waals surface area (Å²) in [4.78, 5) is 35.9. The van der Waals surface area contributed by atoms with E-state index in [1.54, 1.807) is 31.2 Å². The first-order valence-electron chi connectivity index (χ1n) is 8.64. The standard InChI is InChI=1S/C20H19N3O4S/c1-12-4-10-17(11-5-12)23-19(20(26)27-22-23)28-14(3)18(25)21-16-8-6-15(7-9-16)13(2)24/h4-11,14H,1-3H3,(H-,21,22,24,25,26)/p+1. The monoisotopic (exact) mass is 398 g/mol. The van der Waals surface area contributed by atoms with Gasteiger partial charge in [0.15, 0.2) is 5.78 Å². The Hall–Kier alpha value is -3.13. The molecule has 144 valence electrons. The van der Waals surface area contributed by atoms with E-state index in [1.807, 2.05) is 31.2 Å². The van der Waals surface area contributed by atoms with Crippen molar-refractivity contribution in [2.75, 3.05) is 5.32 Å². The van der Waals surface area contributed by atoms with Crippen molar-refractivity contribution in [2.24, 2.45) is 0 Å². The number of nitrogens with one attached hydrogen (secondary N) is 2. The molecule has 0 radical (unpaired) electrons. The summed E-state index contributed by atoms with van der Waals surface area (Å²) in [6, 6.07) is 14.2. The topological polar surface area (TPSA) is 96.0 Å². The molecule has 0 aliphatic rings. The largest absolute Gasteiger partial charge is 0.442 e. The molecule has 28 heavy (non-hydrogen) atoms. The fourth-order valence-corrected chi connectivity index (χ4v) is 3.37. The number of hydrogen-bond acceptors (Lipinski definition) is 5. The molecule has 2 N–H and O–H groups in total. The van der Waals surface area contributed by atoms with Gasteiger partial charge in [-0.1, -0.05) is 17.7 Å². The zero-order valence-corrected chi connectivity index (χ0v) is 16.5. The molecule has 0 saturated heterocycles. The Labute approximate surface area is 165 Å². The highest BCUT2D eigenvalue weighted by molar-refractivity contribution is 8.00. The van der Waals surface area contributed by atoms with Gasteiger partial charge in [0.1, 0.15) is 0 Å². The van der Waals surface area contributed by atoms with E-state index in [0.717, 1.165) is 23.0 Å².